The predicted molar refractivity (Wildman–Crippen MR) is 106 cm³/mol. The van der Waals surface area contributed by atoms with Crippen LogP contribution in [0.2, 0.25) is 0 Å². The normalized spacial score (nSPS) is 13.8. The molecule has 0 saturated carbocycles. The Balaban J connectivity index is 1.60. The number of hydrogen-bond donors (Lipinski definition) is 1. The van der Waals surface area contributed by atoms with Crippen molar-refractivity contribution in [2.45, 2.75) is 19.5 Å². The lowest BCUT2D eigenvalue weighted by Gasteiger charge is -2.28. The van der Waals surface area contributed by atoms with Gasteiger partial charge in [-0.3, -0.25) is 9.69 Å². The van der Waals surface area contributed by atoms with Gasteiger partial charge in [0.2, 0.25) is 5.75 Å². The minimum Gasteiger partial charge on any atom is -0.493 e. The summed E-state index contributed by atoms with van der Waals surface area (Å²) in [5, 5.41) is 0. The van der Waals surface area contributed by atoms with E-state index < -0.39 is 0 Å². The van der Waals surface area contributed by atoms with Crippen LogP contribution in [-0.2, 0) is 19.5 Å². The molecule has 8 nitrogen and oxygen atoms in total. The van der Waals surface area contributed by atoms with Gasteiger partial charge in [0.15, 0.2) is 23.1 Å². The summed E-state index contributed by atoms with van der Waals surface area (Å²) in [6.07, 6.45) is 2.20. The molecule has 0 unspecified atom stereocenters. The van der Waals surface area contributed by atoms with Crippen LogP contribution in [0.15, 0.2) is 39.7 Å². The maximum atomic E-state index is 12.5. The molecule has 1 aromatic carbocycles. The number of fused-ring (bicyclic) bond motifs is 1. The number of aromatic nitrogens is 2. The van der Waals surface area contributed by atoms with Crippen molar-refractivity contribution >= 4 is 0 Å². The van der Waals surface area contributed by atoms with Gasteiger partial charge in [0.05, 0.1) is 33.3 Å². The quantitative estimate of drug-likeness (QED) is 0.684. The van der Waals surface area contributed by atoms with Gasteiger partial charge in [0.1, 0.15) is 0 Å². The zero-order chi connectivity index (χ0) is 20.4. The fourth-order valence-corrected chi connectivity index (χ4v) is 3.64. The maximum Gasteiger partial charge on any atom is 0.254 e. The number of ether oxygens (including phenoxy) is 3. The lowest BCUT2D eigenvalue weighted by molar-refractivity contribution is 0.239. The summed E-state index contributed by atoms with van der Waals surface area (Å²) in [5.74, 6) is 2.81. The standard InChI is InChI=1S/C21H23N3O5/c1-26-17-9-13(10-18(27-2)19(17)28-3)11-24-7-6-14-15(12-24)22-20(23-21(14)25)16-5-4-8-29-16/h4-5,8-10H,6-7,11-12H2,1-3H3,(H,22,23,25). The van der Waals surface area contributed by atoms with Crippen LogP contribution in [0, 0.1) is 0 Å². The number of aromatic amines is 1. The third kappa shape index (κ3) is 3.71. The van der Waals surface area contributed by atoms with E-state index in [2.05, 4.69) is 14.9 Å². The number of H-pyrrole nitrogens is 1. The van der Waals surface area contributed by atoms with Gasteiger partial charge in [-0.05, 0) is 36.2 Å². The van der Waals surface area contributed by atoms with Gasteiger partial charge in [0, 0.05) is 25.2 Å². The smallest absolute Gasteiger partial charge is 0.254 e. The summed E-state index contributed by atoms with van der Waals surface area (Å²) < 4.78 is 21.7. The van der Waals surface area contributed by atoms with Gasteiger partial charge in [0.25, 0.3) is 5.56 Å². The van der Waals surface area contributed by atoms with E-state index in [-0.39, 0.29) is 5.56 Å². The Morgan fingerprint density at radius 2 is 1.93 bits per heavy atom. The molecular formula is C21H23N3O5. The highest BCUT2D eigenvalue weighted by atomic mass is 16.5. The van der Waals surface area contributed by atoms with Gasteiger partial charge in [-0.15, -0.1) is 0 Å². The lowest BCUT2D eigenvalue weighted by Crippen LogP contribution is -2.35. The number of methoxy groups -OCH3 is 3. The van der Waals surface area contributed by atoms with Gasteiger partial charge in [-0.25, -0.2) is 4.98 Å². The van der Waals surface area contributed by atoms with Crippen LogP contribution >= 0.6 is 0 Å². The van der Waals surface area contributed by atoms with E-state index >= 15 is 0 Å². The minimum absolute atomic E-state index is 0.103. The summed E-state index contributed by atoms with van der Waals surface area (Å²) in [7, 11) is 4.79. The highest BCUT2D eigenvalue weighted by molar-refractivity contribution is 5.54. The molecule has 1 aliphatic rings. The topological polar surface area (TPSA) is 89.8 Å². The Bertz CT molecular complexity index is 1030. The zero-order valence-corrected chi connectivity index (χ0v) is 16.7. The maximum absolute atomic E-state index is 12.5. The van der Waals surface area contributed by atoms with Crippen molar-refractivity contribution in [3.05, 3.63) is 57.7 Å². The zero-order valence-electron chi connectivity index (χ0n) is 16.7. The number of furan rings is 1. The molecule has 4 rings (SSSR count). The summed E-state index contributed by atoms with van der Waals surface area (Å²) in [6.45, 7) is 2.00. The average molecular weight is 397 g/mol. The Hall–Kier alpha value is -3.26. The summed E-state index contributed by atoms with van der Waals surface area (Å²) >= 11 is 0. The Labute approximate surface area is 168 Å². The Morgan fingerprint density at radius 1 is 1.17 bits per heavy atom. The van der Waals surface area contributed by atoms with E-state index in [1.165, 1.54) is 0 Å². The first-order valence-corrected chi connectivity index (χ1v) is 9.30. The first-order valence-electron chi connectivity index (χ1n) is 9.30. The van der Waals surface area contributed by atoms with Gasteiger partial charge >= 0.3 is 0 Å². The van der Waals surface area contributed by atoms with E-state index in [4.69, 9.17) is 18.6 Å². The van der Waals surface area contributed by atoms with E-state index in [0.29, 0.717) is 48.3 Å². The van der Waals surface area contributed by atoms with E-state index in [1.807, 2.05) is 12.1 Å². The highest BCUT2D eigenvalue weighted by Gasteiger charge is 2.23. The van der Waals surface area contributed by atoms with E-state index in [1.54, 1.807) is 39.7 Å². The molecule has 0 aliphatic carbocycles. The first kappa shape index (κ1) is 19.1. The van der Waals surface area contributed by atoms with Crippen LogP contribution in [-0.4, -0.2) is 42.7 Å². The van der Waals surface area contributed by atoms with E-state index in [9.17, 15) is 4.79 Å². The van der Waals surface area contributed by atoms with Crippen molar-refractivity contribution in [3.63, 3.8) is 0 Å². The van der Waals surface area contributed by atoms with Crippen LogP contribution in [0.1, 0.15) is 16.8 Å². The van der Waals surface area contributed by atoms with Crippen LogP contribution in [0.4, 0.5) is 0 Å². The van der Waals surface area contributed by atoms with Crippen molar-refractivity contribution in [3.8, 4) is 28.8 Å². The van der Waals surface area contributed by atoms with Gasteiger partial charge in [-0.2, -0.15) is 0 Å². The minimum atomic E-state index is -0.103. The molecule has 0 spiro atoms. The molecule has 3 aromatic rings. The average Bonchev–Trinajstić information content (AvgIpc) is 3.27. The Morgan fingerprint density at radius 3 is 2.55 bits per heavy atom. The van der Waals surface area contributed by atoms with Crippen molar-refractivity contribution < 1.29 is 18.6 Å². The van der Waals surface area contributed by atoms with Crippen LogP contribution in [0.25, 0.3) is 11.6 Å². The second kappa shape index (κ2) is 8.00. The third-order valence-corrected chi connectivity index (χ3v) is 5.04. The SMILES string of the molecule is COc1cc(CN2CCc3c(nc(-c4ccco4)[nH]c3=O)C2)cc(OC)c1OC. The second-order valence-electron chi connectivity index (χ2n) is 6.81. The summed E-state index contributed by atoms with van der Waals surface area (Å²) in [6, 6.07) is 7.43. The molecule has 0 saturated heterocycles. The van der Waals surface area contributed by atoms with Crippen LogP contribution in [0.3, 0.4) is 0 Å². The molecule has 8 heteroatoms. The molecule has 1 N–H and O–H groups in total. The number of nitrogens with one attached hydrogen (secondary N) is 1. The Kier molecular flexibility index (Phi) is 5.26. The number of nitrogens with zero attached hydrogens (tertiary/aromatic N) is 2. The summed E-state index contributed by atoms with van der Waals surface area (Å²) in [4.78, 5) is 22.2. The van der Waals surface area contributed by atoms with Crippen molar-refractivity contribution in [2.75, 3.05) is 27.9 Å². The molecule has 152 valence electrons. The summed E-state index contributed by atoms with van der Waals surface area (Å²) in [5.41, 5.74) is 2.44. The van der Waals surface area contributed by atoms with Crippen molar-refractivity contribution in [2.24, 2.45) is 0 Å². The second-order valence-corrected chi connectivity index (χ2v) is 6.81. The molecule has 3 heterocycles. The fraction of sp³-hybridized carbons (Fsp3) is 0.333. The van der Waals surface area contributed by atoms with Crippen LogP contribution in [0.5, 0.6) is 17.2 Å². The molecular weight excluding hydrogens is 374 g/mol. The highest BCUT2D eigenvalue weighted by Crippen LogP contribution is 2.38. The van der Waals surface area contributed by atoms with E-state index in [0.717, 1.165) is 23.4 Å². The number of rotatable bonds is 6. The van der Waals surface area contributed by atoms with Gasteiger partial charge in [-0.1, -0.05) is 0 Å². The number of hydrogen-bond acceptors (Lipinski definition) is 7. The lowest BCUT2D eigenvalue weighted by atomic mass is 10.0. The molecule has 2 aromatic heterocycles. The molecule has 1 aliphatic heterocycles. The van der Waals surface area contributed by atoms with Crippen molar-refractivity contribution in [1.29, 1.82) is 0 Å². The fourth-order valence-electron chi connectivity index (χ4n) is 3.64. The largest absolute Gasteiger partial charge is 0.493 e. The molecule has 0 atom stereocenters. The molecule has 29 heavy (non-hydrogen) atoms. The predicted octanol–water partition coefficient (Wildman–Crippen LogP) is 2.61. The molecule has 0 amide bonds. The monoisotopic (exact) mass is 397 g/mol. The molecule has 0 fully saturated rings. The number of benzene rings is 1. The first-order chi connectivity index (χ1) is 14.1. The van der Waals surface area contributed by atoms with Gasteiger partial charge < -0.3 is 23.6 Å². The van der Waals surface area contributed by atoms with Crippen LogP contribution < -0.4 is 19.8 Å². The van der Waals surface area contributed by atoms with Crippen molar-refractivity contribution in [1.82, 2.24) is 14.9 Å². The third-order valence-electron chi connectivity index (χ3n) is 5.04. The molecule has 0 radical (unpaired) electrons. The molecule has 0 bridgehead atoms.